The van der Waals surface area contributed by atoms with Crippen molar-refractivity contribution >= 4 is 34.4 Å². The van der Waals surface area contributed by atoms with E-state index in [9.17, 15) is 8.78 Å². The number of halogens is 3. The molecule has 2 N–H and O–H groups in total. The Bertz CT molecular complexity index is 1360. The van der Waals surface area contributed by atoms with Gasteiger partial charge < -0.3 is 10.6 Å². The summed E-state index contributed by atoms with van der Waals surface area (Å²) in [6.45, 7) is 7.64. The fourth-order valence-electron chi connectivity index (χ4n) is 4.24. The van der Waals surface area contributed by atoms with E-state index in [1.165, 1.54) is 28.9 Å². The SMILES string of the molecule is CC(C)N1CCN(c2nc(-c3ccc(F)c(Cl)c3)c3c(N)n(-c4cccc(F)c4)nc3n2)CC1. The van der Waals surface area contributed by atoms with Crippen molar-refractivity contribution in [3.8, 4) is 16.9 Å². The third-order valence-electron chi connectivity index (χ3n) is 6.13. The van der Waals surface area contributed by atoms with E-state index in [1.54, 1.807) is 18.2 Å². The van der Waals surface area contributed by atoms with Gasteiger partial charge in [0.25, 0.3) is 0 Å². The molecular weight excluding hydrogens is 460 g/mol. The van der Waals surface area contributed by atoms with Crippen LogP contribution < -0.4 is 10.6 Å². The first-order valence-corrected chi connectivity index (χ1v) is 11.5. The number of benzene rings is 2. The lowest BCUT2D eigenvalue weighted by atomic mass is 10.1. The van der Waals surface area contributed by atoms with Crippen molar-refractivity contribution in [2.75, 3.05) is 36.8 Å². The zero-order valence-corrected chi connectivity index (χ0v) is 19.6. The maximum absolute atomic E-state index is 13.9. The maximum atomic E-state index is 13.9. The highest BCUT2D eigenvalue weighted by atomic mass is 35.5. The van der Waals surface area contributed by atoms with Gasteiger partial charge in [0.2, 0.25) is 5.95 Å². The molecule has 0 aliphatic carbocycles. The number of anilines is 2. The summed E-state index contributed by atoms with van der Waals surface area (Å²) in [6, 6.07) is 10.9. The van der Waals surface area contributed by atoms with Crippen LogP contribution in [-0.2, 0) is 0 Å². The molecule has 0 spiro atoms. The predicted octanol–water partition coefficient (Wildman–Crippen LogP) is 4.53. The Morgan fingerprint density at radius 3 is 2.44 bits per heavy atom. The molecule has 0 atom stereocenters. The van der Waals surface area contributed by atoms with Gasteiger partial charge in [0.15, 0.2) is 5.65 Å². The second-order valence-electron chi connectivity index (χ2n) is 8.59. The minimum absolute atomic E-state index is 0.0209. The average Bonchev–Trinajstić information content (AvgIpc) is 3.17. The van der Waals surface area contributed by atoms with E-state index in [4.69, 9.17) is 27.3 Å². The summed E-state index contributed by atoms with van der Waals surface area (Å²) >= 11 is 6.08. The molecule has 1 saturated heterocycles. The van der Waals surface area contributed by atoms with E-state index in [0.29, 0.717) is 40.0 Å². The van der Waals surface area contributed by atoms with Crippen molar-refractivity contribution in [2.24, 2.45) is 0 Å². The van der Waals surface area contributed by atoms with Crippen molar-refractivity contribution in [3.63, 3.8) is 0 Å². The van der Waals surface area contributed by atoms with E-state index >= 15 is 0 Å². The fraction of sp³-hybridized carbons (Fsp3) is 0.292. The molecule has 0 saturated carbocycles. The minimum Gasteiger partial charge on any atom is -0.383 e. The van der Waals surface area contributed by atoms with E-state index in [1.807, 2.05) is 0 Å². The van der Waals surface area contributed by atoms with Crippen molar-refractivity contribution in [1.82, 2.24) is 24.6 Å². The molecule has 176 valence electrons. The first kappa shape index (κ1) is 22.5. The molecule has 2 aromatic carbocycles. The molecule has 5 rings (SSSR count). The Hall–Kier alpha value is -3.30. The third kappa shape index (κ3) is 4.05. The van der Waals surface area contributed by atoms with E-state index in [0.717, 1.165) is 26.2 Å². The van der Waals surface area contributed by atoms with E-state index in [-0.39, 0.29) is 10.8 Å². The molecule has 7 nitrogen and oxygen atoms in total. The number of nitrogen functional groups attached to an aromatic ring is 1. The van der Waals surface area contributed by atoms with Gasteiger partial charge in [-0.2, -0.15) is 4.98 Å². The van der Waals surface area contributed by atoms with Crippen molar-refractivity contribution < 1.29 is 8.78 Å². The average molecular weight is 484 g/mol. The largest absolute Gasteiger partial charge is 0.383 e. The Balaban J connectivity index is 1.67. The lowest BCUT2D eigenvalue weighted by Crippen LogP contribution is -2.49. The van der Waals surface area contributed by atoms with Gasteiger partial charge in [0.05, 0.1) is 21.8 Å². The molecule has 1 aliphatic rings. The number of hydrogen-bond donors (Lipinski definition) is 1. The van der Waals surface area contributed by atoms with Gasteiger partial charge in [-0.05, 0) is 50.2 Å². The number of nitrogens with two attached hydrogens (primary N) is 1. The molecule has 0 bridgehead atoms. The van der Waals surface area contributed by atoms with Gasteiger partial charge in [-0.15, -0.1) is 5.10 Å². The van der Waals surface area contributed by atoms with Crippen LogP contribution in [0, 0.1) is 11.6 Å². The Labute approximate surface area is 200 Å². The lowest BCUT2D eigenvalue weighted by molar-refractivity contribution is 0.208. The summed E-state index contributed by atoms with van der Waals surface area (Å²) in [5.74, 6) is -0.163. The fourth-order valence-corrected chi connectivity index (χ4v) is 4.42. The zero-order chi connectivity index (χ0) is 24.0. The van der Waals surface area contributed by atoms with Crippen LogP contribution in [0.2, 0.25) is 5.02 Å². The van der Waals surface area contributed by atoms with Crippen molar-refractivity contribution in [3.05, 3.63) is 59.1 Å². The molecule has 0 amide bonds. The lowest BCUT2D eigenvalue weighted by Gasteiger charge is -2.36. The monoisotopic (exact) mass is 483 g/mol. The molecule has 0 unspecified atom stereocenters. The van der Waals surface area contributed by atoms with Gasteiger partial charge in [-0.3, -0.25) is 4.90 Å². The summed E-state index contributed by atoms with van der Waals surface area (Å²) in [4.78, 5) is 14.0. The van der Waals surface area contributed by atoms with Gasteiger partial charge in [-0.25, -0.2) is 18.4 Å². The topological polar surface area (TPSA) is 76.1 Å². The van der Waals surface area contributed by atoms with Crippen molar-refractivity contribution in [2.45, 2.75) is 19.9 Å². The van der Waals surface area contributed by atoms with Gasteiger partial charge >= 0.3 is 0 Å². The number of aromatic nitrogens is 4. The Morgan fingerprint density at radius 1 is 1.00 bits per heavy atom. The first-order chi connectivity index (χ1) is 16.3. The zero-order valence-electron chi connectivity index (χ0n) is 18.8. The van der Waals surface area contributed by atoms with Crippen LogP contribution in [0.1, 0.15) is 13.8 Å². The Morgan fingerprint density at radius 2 is 1.76 bits per heavy atom. The smallest absolute Gasteiger partial charge is 0.228 e. The number of fused-ring (bicyclic) bond motifs is 1. The Kier molecular flexibility index (Phi) is 5.83. The van der Waals surface area contributed by atoms with Crippen LogP contribution in [0.5, 0.6) is 0 Å². The molecule has 1 aliphatic heterocycles. The molecule has 4 aromatic rings. The normalized spacial score (nSPS) is 14.9. The van der Waals surface area contributed by atoms with Crippen LogP contribution >= 0.6 is 11.6 Å². The predicted molar refractivity (Wildman–Crippen MR) is 130 cm³/mol. The van der Waals surface area contributed by atoms with E-state index < -0.39 is 11.6 Å². The number of rotatable bonds is 4. The number of hydrogen-bond acceptors (Lipinski definition) is 6. The van der Waals surface area contributed by atoms with Crippen LogP contribution in [0.25, 0.3) is 28.0 Å². The third-order valence-corrected chi connectivity index (χ3v) is 6.42. The molecule has 2 aromatic heterocycles. The molecule has 1 fully saturated rings. The van der Waals surface area contributed by atoms with Gasteiger partial charge in [-0.1, -0.05) is 17.7 Å². The molecule has 34 heavy (non-hydrogen) atoms. The highest BCUT2D eigenvalue weighted by molar-refractivity contribution is 6.31. The van der Waals surface area contributed by atoms with Crippen molar-refractivity contribution in [1.29, 1.82) is 0 Å². The number of piperazine rings is 1. The summed E-state index contributed by atoms with van der Waals surface area (Å²) in [5, 5.41) is 5.05. The van der Waals surface area contributed by atoms with Crippen LogP contribution in [0.4, 0.5) is 20.5 Å². The van der Waals surface area contributed by atoms with Gasteiger partial charge in [0, 0.05) is 37.8 Å². The summed E-state index contributed by atoms with van der Waals surface area (Å²) in [6.07, 6.45) is 0. The molecule has 3 heterocycles. The maximum Gasteiger partial charge on any atom is 0.228 e. The van der Waals surface area contributed by atoms with E-state index in [2.05, 4.69) is 28.7 Å². The molecule has 0 radical (unpaired) electrons. The number of nitrogens with zero attached hydrogens (tertiary/aromatic N) is 6. The molecule has 10 heteroatoms. The highest BCUT2D eigenvalue weighted by Gasteiger charge is 2.25. The summed E-state index contributed by atoms with van der Waals surface area (Å²) in [5.41, 5.74) is 8.39. The second-order valence-corrected chi connectivity index (χ2v) is 9.00. The van der Waals surface area contributed by atoms with Crippen LogP contribution in [-0.4, -0.2) is 56.9 Å². The first-order valence-electron chi connectivity index (χ1n) is 11.1. The quantitative estimate of drug-likeness (QED) is 0.459. The summed E-state index contributed by atoms with van der Waals surface area (Å²) < 4.78 is 29.2. The standard InChI is InChI=1S/C24H24ClF2N7/c1-14(2)32-8-10-33(11-9-32)24-29-21(15-6-7-19(27)18(25)12-15)20-22(28)34(31-23(20)30-24)17-5-3-4-16(26)13-17/h3-7,12-14H,8-11,28H2,1-2H3. The highest BCUT2D eigenvalue weighted by Crippen LogP contribution is 2.35. The van der Waals surface area contributed by atoms with Gasteiger partial charge in [0.1, 0.15) is 17.5 Å². The van der Waals surface area contributed by atoms with Crippen LogP contribution in [0.3, 0.4) is 0 Å². The summed E-state index contributed by atoms with van der Waals surface area (Å²) in [7, 11) is 0. The second kappa shape index (κ2) is 8.81. The minimum atomic E-state index is -0.524. The van der Waals surface area contributed by atoms with Crippen LogP contribution in [0.15, 0.2) is 42.5 Å². The molecular formula is C24H24ClF2N7.